The summed E-state index contributed by atoms with van der Waals surface area (Å²) in [6.45, 7) is 0.934. The van der Waals surface area contributed by atoms with Gasteiger partial charge in [0.2, 0.25) is 11.8 Å². The molecule has 2 aromatic carbocycles. The van der Waals surface area contributed by atoms with Crippen LogP contribution >= 0.6 is 0 Å². The molecule has 0 aliphatic carbocycles. The van der Waals surface area contributed by atoms with E-state index in [0.717, 1.165) is 42.2 Å². The van der Waals surface area contributed by atoms with Crippen LogP contribution in [-0.4, -0.2) is 18.4 Å². The number of amides is 2. The molecule has 2 rings (SSSR count). The molecule has 2 amide bonds. The molecule has 0 aliphatic heterocycles. The number of nitrogens with zero attached hydrogens (tertiary/aromatic N) is 1. The van der Waals surface area contributed by atoms with Crippen molar-refractivity contribution in [2.75, 3.05) is 16.8 Å². The van der Waals surface area contributed by atoms with Crippen molar-refractivity contribution in [1.82, 2.24) is 0 Å². The second-order valence-corrected chi connectivity index (χ2v) is 5.64. The second-order valence-electron chi connectivity index (χ2n) is 5.64. The summed E-state index contributed by atoms with van der Waals surface area (Å²) in [5.74, 6) is -3.02. The van der Waals surface area contributed by atoms with Crippen molar-refractivity contribution < 1.29 is 31.5 Å². The molecular weight excluding hydrogens is 371 g/mol. The zero-order valence-electron chi connectivity index (χ0n) is 14.1. The predicted octanol–water partition coefficient (Wildman–Crippen LogP) is 4.37. The minimum absolute atomic E-state index is 0.0157. The first-order chi connectivity index (χ1) is 12.6. The molecule has 0 radical (unpaired) electrons. The van der Waals surface area contributed by atoms with Gasteiger partial charge in [-0.05, 0) is 30.3 Å². The van der Waals surface area contributed by atoms with Crippen LogP contribution in [0.4, 0.5) is 33.3 Å². The quantitative estimate of drug-likeness (QED) is 0.776. The molecule has 0 unspecified atom stereocenters. The summed E-state index contributed by atoms with van der Waals surface area (Å²) in [5.41, 5.74) is -1.18. The monoisotopic (exact) mass is 386 g/mol. The Kier molecular flexibility index (Phi) is 6.14. The molecule has 0 aliphatic rings. The fourth-order valence-corrected chi connectivity index (χ4v) is 2.34. The third-order valence-electron chi connectivity index (χ3n) is 3.63. The Morgan fingerprint density at radius 1 is 1.07 bits per heavy atom. The van der Waals surface area contributed by atoms with Gasteiger partial charge in [-0.15, -0.1) is 0 Å². The molecule has 4 nitrogen and oxygen atoms in total. The normalized spacial score (nSPS) is 11.2. The molecule has 0 saturated heterocycles. The van der Waals surface area contributed by atoms with Crippen molar-refractivity contribution in [3.63, 3.8) is 0 Å². The summed E-state index contributed by atoms with van der Waals surface area (Å²) in [6.07, 6.45) is -4.87. The highest BCUT2D eigenvalue weighted by atomic mass is 19.4. The van der Waals surface area contributed by atoms with E-state index >= 15 is 0 Å². The predicted molar refractivity (Wildman–Crippen MR) is 89.1 cm³/mol. The number of benzene rings is 2. The van der Waals surface area contributed by atoms with Crippen LogP contribution in [0.15, 0.2) is 42.5 Å². The molecular formula is C18H15F5N2O2. The van der Waals surface area contributed by atoms with Gasteiger partial charge < -0.3 is 10.2 Å². The van der Waals surface area contributed by atoms with Gasteiger partial charge in [0.15, 0.2) is 0 Å². The van der Waals surface area contributed by atoms with E-state index in [1.807, 2.05) is 0 Å². The summed E-state index contributed by atoms with van der Waals surface area (Å²) in [5, 5.41) is 2.22. The summed E-state index contributed by atoms with van der Waals surface area (Å²) in [7, 11) is 0. The van der Waals surface area contributed by atoms with E-state index in [9.17, 15) is 31.5 Å². The Morgan fingerprint density at radius 3 is 2.37 bits per heavy atom. The lowest BCUT2D eigenvalue weighted by atomic mass is 10.1. The maximum Gasteiger partial charge on any atom is 0.416 e. The van der Waals surface area contributed by atoms with Crippen LogP contribution < -0.4 is 10.2 Å². The lowest BCUT2D eigenvalue weighted by Crippen LogP contribution is -2.32. The van der Waals surface area contributed by atoms with Gasteiger partial charge in [-0.1, -0.05) is 6.07 Å². The number of carbonyl (C=O) groups is 2. The number of halogens is 5. The van der Waals surface area contributed by atoms with Crippen LogP contribution in [0.3, 0.4) is 0 Å². The zero-order chi connectivity index (χ0) is 20.2. The van der Waals surface area contributed by atoms with E-state index < -0.39 is 35.2 Å². The van der Waals surface area contributed by atoms with Crippen LogP contribution in [0.25, 0.3) is 0 Å². The molecule has 0 heterocycles. The highest BCUT2D eigenvalue weighted by molar-refractivity contribution is 5.94. The first kappa shape index (κ1) is 20.3. The highest BCUT2D eigenvalue weighted by Crippen LogP contribution is 2.31. The van der Waals surface area contributed by atoms with E-state index in [1.165, 1.54) is 6.07 Å². The number of anilines is 2. The minimum atomic E-state index is -4.57. The van der Waals surface area contributed by atoms with Gasteiger partial charge in [0.1, 0.15) is 11.6 Å². The summed E-state index contributed by atoms with van der Waals surface area (Å²) < 4.78 is 64.9. The van der Waals surface area contributed by atoms with Crippen molar-refractivity contribution >= 4 is 23.2 Å². The molecule has 0 saturated carbocycles. The minimum Gasteiger partial charge on any atom is -0.324 e. The van der Waals surface area contributed by atoms with Crippen molar-refractivity contribution in [3.05, 3.63) is 59.7 Å². The van der Waals surface area contributed by atoms with E-state index in [-0.39, 0.29) is 24.3 Å². The van der Waals surface area contributed by atoms with Crippen molar-refractivity contribution in [2.45, 2.75) is 19.5 Å². The molecule has 0 bridgehead atoms. The molecule has 2 aromatic rings. The smallest absolute Gasteiger partial charge is 0.324 e. The third-order valence-corrected chi connectivity index (χ3v) is 3.63. The molecule has 0 atom stereocenters. The van der Waals surface area contributed by atoms with Gasteiger partial charge in [0.25, 0.3) is 0 Å². The molecule has 144 valence electrons. The van der Waals surface area contributed by atoms with Crippen LogP contribution in [0.2, 0.25) is 0 Å². The Bertz CT molecular complexity index is 852. The Hall–Kier alpha value is -2.97. The molecule has 0 fully saturated rings. The summed E-state index contributed by atoms with van der Waals surface area (Å²) in [6, 6.07) is 6.74. The van der Waals surface area contributed by atoms with E-state index in [4.69, 9.17) is 0 Å². The average molecular weight is 386 g/mol. The van der Waals surface area contributed by atoms with Gasteiger partial charge in [0.05, 0.1) is 11.3 Å². The van der Waals surface area contributed by atoms with Gasteiger partial charge >= 0.3 is 6.18 Å². The molecule has 0 spiro atoms. The summed E-state index contributed by atoms with van der Waals surface area (Å²) in [4.78, 5) is 24.7. The molecule has 9 heteroatoms. The average Bonchev–Trinajstić information content (AvgIpc) is 2.57. The number of nitrogens with one attached hydrogen (secondary N) is 1. The zero-order valence-corrected chi connectivity index (χ0v) is 14.1. The Balaban J connectivity index is 2.08. The van der Waals surface area contributed by atoms with Gasteiger partial charge in [-0.25, -0.2) is 8.78 Å². The molecule has 27 heavy (non-hydrogen) atoms. The molecule has 1 N–H and O–H groups in total. The largest absolute Gasteiger partial charge is 0.416 e. The molecule has 0 aromatic heterocycles. The van der Waals surface area contributed by atoms with Crippen LogP contribution in [-0.2, 0) is 15.8 Å². The van der Waals surface area contributed by atoms with E-state index in [1.54, 1.807) is 0 Å². The number of alkyl halides is 3. The van der Waals surface area contributed by atoms with Crippen molar-refractivity contribution in [1.29, 1.82) is 0 Å². The van der Waals surface area contributed by atoms with Crippen LogP contribution in [0.1, 0.15) is 18.9 Å². The van der Waals surface area contributed by atoms with Crippen LogP contribution in [0.5, 0.6) is 0 Å². The number of hydrogen-bond donors (Lipinski definition) is 1. The van der Waals surface area contributed by atoms with Crippen LogP contribution in [0, 0.1) is 11.6 Å². The van der Waals surface area contributed by atoms with Gasteiger partial charge in [-0.3, -0.25) is 9.59 Å². The SMILES string of the molecule is CC(=O)N(CCC(=O)Nc1ccc(F)cc1F)c1cccc(C(F)(F)F)c1. The lowest BCUT2D eigenvalue weighted by molar-refractivity contribution is -0.137. The van der Waals surface area contributed by atoms with Gasteiger partial charge in [0, 0.05) is 31.6 Å². The second kappa shape index (κ2) is 8.15. The lowest BCUT2D eigenvalue weighted by Gasteiger charge is -2.22. The van der Waals surface area contributed by atoms with Crippen molar-refractivity contribution in [3.8, 4) is 0 Å². The fourth-order valence-electron chi connectivity index (χ4n) is 2.34. The van der Waals surface area contributed by atoms with Gasteiger partial charge in [-0.2, -0.15) is 13.2 Å². The maximum absolute atomic E-state index is 13.5. The number of carbonyl (C=O) groups excluding carboxylic acids is 2. The Morgan fingerprint density at radius 2 is 1.78 bits per heavy atom. The highest BCUT2D eigenvalue weighted by Gasteiger charge is 2.31. The first-order valence-corrected chi connectivity index (χ1v) is 7.78. The Labute approximate surface area is 151 Å². The van der Waals surface area contributed by atoms with E-state index in [0.29, 0.717) is 6.07 Å². The standard InChI is InChI=1S/C18H15F5N2O2/c1-11(26)25(14-4-2-3-12(9-14)18(21,22)23)8-7-17(27)24-16-6-5-13(19)10-15(16)20/h2-6,9-10H,7-8H2,1H3,(H,24,27). The first-order valence-electron chi connectivity index (χ1n) is 7.78. The summed E-state index contributed by atoms with van der Waals surface area (Å²) >= 11 is 0. The topological polar surface area (TPSA) is 49.4 Å². The van der Waals surface area contributed by atoms with E-state index in [2.05, 4.69) is 5.32 Å². The third kappa shape index (κ3) is 5.50. The number of hydrogen-bond acceptors (Lipinski definition) is 2. The fraction of sp³-hybridized carbons (Fsp3) is 0.222. The maximum atomic E-state index is 13.5. The van der Waals surface area contributed by atoms with Crippen molar-refractivity contribution in [2.24, 2.45) is 0 Å². The number of rotatable bonds is 5.